The van der Waals surface area contributed by atoms with E-state index in [0.29, 0.717) is 11.1 Å². The molecule has 1 amide bonds. The molecule has 1 aromatic rings. The Morgan fingerprint density at radius 2 is 2.05 bits per heavy atom. The van der Waals surface area contributed by atoms with E-state index >= 15 is 0 Å². The number of hydrogen-bond donors (Lipinski definition) is 1. The Morgan fingerprint density at radius 1 is 1.45 bits per heavy atom. The lowest BCUT2D eigenvalue weighted by Gasteiger charge is -2.25. The number of methoxy groups -OCH3 is 1. The van der Waals surface area contributed by atoms with Gasteiger partial charge in [-0.3, -0.25) is 4.79 Å². The summed E-state index contributed by atoms with van der Waals surface area (Å²) in [5.74, 6) is -0.416. The summed E-state index contributed by atoms with van der Waals surface area (Å²) in [6.45, 7) is 3.92. The van der Waals surface area contributed by atoms with E-state index in [1.165, 1.54) is 25.3 Å². The van der Waals surface area contributed by atoms with Crippen LogP contribution in [0, 0.1) is 0 Å². The quantitative estimate of drug-likeness (QED) is 0.792. The Balaban J connectivity index is 3.10. The van der Waals surface area contributed by atoms with Crippen molar-refractivity contribution < 1.29 is 17.9 Å². The first-order valence-electron chi connectivity index (χ1n) is 5.62. The Morgan fingerprint density at radius 3 is 2.55 bits per heavy atom. The summed E-state index contributed by atoms with van der Waals surface area (Å²) in [7, 11) is 2.93. The fourth-order valence-corrected chi connectivity index (χ4v) is 2.81. The Kier molecular flexibility index (Phi) is 5.60. The van der Waals surface area contributed by atoms with Crippen molar-refractivity contribution in [1.82, 2.24) is 5.32 Å². The van der Waals surface area contributed by atoms with Crippen LogP contribution in [-0.2, 0) is 13.8 Å². The molecule has 1 rings (SSSR count). The van der Waals surface area contributed by atoms with Gasteiger partial charge in [0.2, 0.25) is 0 Å². The van der Waals surface area contributed by atoms with E-state index in [4.69, 9.17) is 15.4 Å². The van der Waals surface area contributed by atoms with Crippen LogP contribution in [0.15, 0.2) is 27.6 Å². The van der Waals surface area contributed by atoms with Gasteiger partial charge in [-0.15, -0.1) is 0 Å². The summed E-state index contributed by atoms with van der Waals surface area (Å²) in [5.41, 5.74) is -0.392. The minimum Gasteiger partial charge on any atom is -0.382 e. The third-order valence-corrected chi connectivity index (χ3v) is 4.46. The van der Waals surface area contributed by atoms with Crippen molar-refractivity contribution in [3.63, 3.8) is 0 Å². The molecule has 0 aliphatic rings. The second-order valence-electron chi connectivity index (χ2n) is 4.85. The van der Waals surface area contributed by atoms with Crippen molar-refractivity contribution in [2.24, 2.45) is 0 Å². The number of benzene rings is 1. The van der Waals surface area contributed by atoms with Crippen LogP contribution in [0.2, 0.25) is 0 Å². The van der Waals surface area contributed by atoms with E-state index in [0.717, 1.165) is 0 Å². The molecule has 0 bridgehead atoms. The largest absolute Gasteiger partial charge is 0.382 e. The molecule has 0 aromatic heterocycles. The van der Waals surface area contributed by atoms with E-state index in [9.17, 15) is 13.2 Å². The lowest BCUT2D eigenvalue weighted by Crippen LogP contribution is -2.46. The van der Waals surface area contributed by atoms with Gasteiger partial charge in [0.15, 0.2) is 0 Å². The van der Waals surface area contributed by atoms with Crippen molar-refractivity contribution in [3.05, 3.63) is 28.2 Å². The van der Waals surface area contributed by atoms with Crippen LogP contribution >= 0.6 is 26.6 Å². The van der Waals surface area contributed by atoms with Crippen molar-refractivity contribution in [2.45, 2.75) is 24.3 Å². The average Bonchev–Trinajstić information content (AvgIpc) is 2.26. The molecular formula is C12H15BrClNO4S. The summed E-state index contributed by atoms with van der Waals surface area (Å²) in [4.78, 5) is 12.1. The SMILES string of the molecule is COCC(C)(C)NC(=O)c1cc(S(=O)(=O)Cl)ccc1Br. The first-order chi connectivity index (χ1) is 9.07. The van der Waals surface area contributed by atoms with Crippen LogP contribution < -0.4 is 5.32 Å². The predicted molar refractivity (Wildman–Crippen MR) is 80.6 cm³/mol. The molecule has 0 saturated heterocycles. The fraction of sp³-hybridized carbons (Fsp3) is 0.417. The number of halogens is 2. The normalized spacial score (nSPS) is 12.2. The van der Waals surface area contributed by atoms with E-state index in [1.54, 1.807) is 13.8 Å². The van der Waals surface area contributed by atoms with Gasteiger partial charge in [0.25, 0.3) is 15.0 Å². The number of nitrogens with one attached hydrogen (secondary N) is 1. The minimum absolute atomic E-state index is 0.128. The monoisotopic (exact) mass is 383 g/mol. The second-order valence-corrected chi connectivity index (χ2v) is 8.27. The molecule has 20 heavy (non-hydrogen) atoms. The number of amides is 1. The van der Waals surface area contributed by atoms with Crippen LogP contribution in [0.5, 0.6) is 0 Å². The number of hydrogen-bond acceptors (Lipinski definition) is 4. The van der Waals surface area contributed by atoms with Crippen molar-refractivity contribution in [3.8, 4) is 0 Å². The van der Waals surface area contributed by atoms with Crippen molar-refractivity contribution >= 4 is 41.6 Å². The minimum atomic E-state index is -3.88. The Bertz CT molecular complexity index is 616. The van der Waals surface area contributed by atoms with E-state index in [2.05, 4.69) is 21.2 Å². The molecule has 8 heteroatoms. The number of carbonyl (C=O) groups is 1. The van der Waals surface area contributed by atoms with Gasteiger partial charge in [-0.25, -0.2) is 8.42 Å². The first-order valence-corrected chi connectivity index (χ1v) is 8.73. The standard InChI is InChI=1S/C12H15BrClNO4S/c1-12(2,7-19-3)15-11(16)9-6-8(20(14,17)18)4-5-10(9)13/h4-6H,7H2,1-3H3,(H,15,16). The highest BCUT2D eigenvalue weighted by Gasteiger charge is 2.23. The van der Waals surface area contributed by atoms with Gasteiger partial charge < -0.3 is 10.1 Å². The zero-order chi connectivity index (χ0) is 15.6. The number of carbonyl (C=O) groups excluding carboxylic acids is 1. The smallest absolute Gasteiger partial charge is 0.261 e. The number of ether oxygens (including phenoxy) is 1. The summed E-state index contributed by atoms with van der Waals surface area (Å²) >= 11 is 3.21. The molecule has 0 atom stereocenters. The molecule has 0 unspecified atom stereocenters. The summed E-state index contributed by atoms with van der Waals surface area (Å²) < 4.78 is 28.1. The molecule has 0 saturated carbocycles. The third kappa shape index (κ3) is 4.73. The van der Waals surface area contributed by atoms with Gasteiger partial charge in [0, 0.05) is 22.3 Å². The van der Waals surface area contributed by atoms with E-state index < -0.39 is 20.5 Å². The molecule has 112 valence electrons. The average molecular weight is 385 g/mol. The molecule has 1 N–H and O–H groups in total. The van der Waals surface area contributed by atoms with Crippen LogP contribution in [0.4, 0.5) is 0 Å². The highest BCUT2D eigenvalue weighted by molar-refractivity contribution is 9.10. The lowest BCUT2D eigenvalue weighted by atomic mass is 10.1. The summed E-state index contributed by atoms with van der Waals surface area (Å²) in [5, 5.41) is 2.76. The van der Waals surface area contributed by atoms with Crippen LogP contribution in [0.25, 0.3) is 0 Å². The zero-order valence-electron chi connectivity index (χ0n) is 11.2. The fourth-order valence-electron chi connectivity index (χ4n) is 1.60. The van der Waals surface area contributed by atoms with Gasteiger partial charge in [-0.1, -0.05) is 0 Å². The molecular weight excluding hydrogens is 370 g/mol. The first kappa shape index (κ1) is 17.4. The predicted octanol–water partition coefficient (Wildman–Crippen LogP) is 2.53. The van der Waals surface area contributed by atoms with E-state index in [1.807, 2.05) is 0 Å². The highest BCUT2D eigenvalue weighted by atomic mass is 79.9. The molecule has 0 aliphatic heterocycles. The van der Waals surface area contributed by atoms with Crippen molar-refractivity contribution in [1.29, 1.82) is 0 Å². The summed E-state index contributed by atoms with van der Waals surface area (Å²) in [6.07, 6.45) is 0. The van der Waals surface area contributed by atoms with Gasteiger partial charge in [0.05, 0.1) is 22.6 Å². The van der Waals surface area contributed by atoms with Crippen LogP contribution in [0.3, 0.4) is 0 Å². The summed E-state index contributed by atoms with van der Waals surface area (Å²) in [6, 6.07) is 4.02. The second kappa shape index (κ2) is 6.43. The third-order valence-electron chi connectivity index (χ3n) is 2.42. The van der Waals surface area contributed by atoms with Crippen LogP contribution in [0.1, 0.15) is 24.2 Å². The topological polar surface area (TPSA) is 72.5 Å². The van der Waals surface area contributed by atoms with Crippen molar-refractivity contribution in [2.75, 3.05) is 13.7 Å². The molecule has 0 radical (unpaired) electrons. The van der Waals surface area contributed by atoms with E-state index in [-0.39, 0.29) is 10.5 Å². The van der Waals surface area contributed by atoms with Crippen LogP contribution in [-0.4, -0.2) is 33.6 Å². The molecule has 0 heterocycles. The maximum absolute atomic E-state index is 12.2. The molecule has 0 spiro atoms. The number of rotatable bonds is 5. The van der Waals surface area contributed by atoms with Gasteiger partial charge >= 0.3 is 0 Å². The maximum Gasteiger partial charge on any atom is 0.261 e. The Labute approximate surface area is 131 Å². The van der Waals surface area contributed by atoms with Gasteiger partial charge in [-0.2, -0.15) is 0 Å². The van der Waals surface area contributed by atoms with Gasteiger partial charge in [-0.05, 0) is 48.0 Å². The molecule has 0 aliphatic carbocycles. The zero-order valence-corrected chi connectivity index (χ0v) is 14.4. The lowest BCUT2D eigenvalue weighted by molar-refractivity contribution is 0.0819. The Hall–Kier alpha value is -0.630. The maximum atomic E-state index is 12.2. The molecule has 1 aromatic carbocycles. The van der Waals surface area contributed by atoms with Gasteiger partial charge in [0.1, 0.15) is 0 Å². The molecule has 5 nitrogen and oxygen atoms in total. The molecule has 0 fully saturated rings. The highest BCUT2D eigenvalue weighted by Crippen LogP contribution is 2.23.